The molecule has 1 aliphatic carbocycles. The lowest BCUT2D eigenvalue weighted by Crippen LogP contribution is -2.16. The number of hydrogen-bond donors (Lipinski definition) is 2. The molecular weight excluding hydrogens is 378 g/mol. The fraction of sp³-hybridized carbons (Fsp3) is 0.350. The SMILES string of the molecule is CCS(=O)(=O)Nc1ccc(OCC2CC2)c(-c2cn(C)c(=O)c3cc[nH]c23)c1. The zero-order valence-corrected chi connectivity index (χ0v) is 16.7. The molecule has 1 aromatic carbocycles. The molecule has 2 aromatic heterocycles. The molecule has 0 spiro atoms. The van der Waals surface area contributed by atoms with Crippen LogP contribution in [0.25, 0.3) is 22.0 Å². The van der Waals surface area contributed by atoms with Gasteiger partial charge in [0.25, 0.3) is 5.56 Å². The molecule has 3 aromatic rings. The van der Waals surface area contributed by atoms with Gasteiger partial charge in [-0.15, -0.1) is 0 Å². The number of hydrogen-bond acceptors (Lipinski definition) is 4. The zero-order chi connectivity index (χ0) is 19.9. The summed E-state index contributed by atoms with van der Waals surface area (Å²) < 4.78 is 34.2. The van der Waals surface area contributed by atoms with Crippen molar-refractivity contribution in [3.63, 3.8) is 0 Å². The Balaban J connectivity index is 1.86. The summed E-state index contributed by atoms with van der Waals surface area (Å²) in [6.07, 6.45) is 5.82. The van der Waals surface area contributed by atoms with Crippen molar-refractivity contribution < 1.29 is 13.2 Å². The average Bonchev–Trinajstić information content (AvgIpc) is 3.37. The number of aromatic amines is 1. The summed E-state index contributed by atoms with van der Waals surface area (Å²) in [5.41, 5.74) is 2.59. The van der Waals surface area contributed by atoms with Crippen molar-refractivity contribution in [2.45, 2.75) is 19.8 Å². The van der Waals surface area contributed by atoms with Crippen LogP contribution in [0.1, 0.15) is 19.8 Å². The number of nitrogens with one attached hydrogen (secondary N) is 2. The number of H-pyrrole nitrogens is 1. The number of nitrogens with zero attached hydrogens (tertiary/aromatic N) is 1. The number of pyridine rings is 1. The number of benzene rings is 1. The lowest BCUT2D eigenvalue weighted by Gasteiger charge is -2.15. The molecule has 2 heterocycles. The second kappa shape index (κ2) is 7.01. The molecule has 0 atom stereocenters. The van der Waals surface area contributed by atoms with Crippen molar-refractivity contribution in [3.8, 4) is 16.9 Å². The highest BCUT2D eigenvalue weighted by Crippen LogP contribution is 2.37. The van der Waals surface area contributed by atoms with Gasteiger partial charge in [-0.1, -0.05) is 0 Å². The fourth-order valence-electron chi connectivity index (χ4n) is 3.16. The Hall–Kier alpha value is -2.74. The van der Waals surface area contributed by atoms with Crippen LogP contribution in [0, 0.1) is 5.92 Å². The number of aromatic nitrogens is 2. The quantitative estimate of drug-likeness (QED) is 0.636. The predicted molar refractivity (Wildman–Crippen MR) is 110 cm³/mol. The van der Waals surface area contributed by atoms with Crippen molar-refractivity contribution >= 4 is 26.6 Å². The molecule has 8 heteroatoms. The topological polar surface area (TPSA) is 93.2 Å². The van der Waals surface area contributed by atoms with Gasteiger partial charge in [-0.2, -0.15) is 0 Å². The smallest absolute Gasteiger partial charge is 0.259 e. The molecule has 1 aliphatic rings. The van der Waals surface area contributed by atoms with Crippen molar-refractivity contribution in [3.05, 3.63) is 47.0 Å². The van der Waals surface area contributed by atoms with Crippen LogP contribution in [0.15, 0.2) is 41.5 Å². The van der Waals surface area contributed by atoms with Crippen LogP contribution < -0.4 is 15.0 Å². The maximum absolute atomic E-state index is 12.4. The minimum Gasteiger partial charge on any atom is -0.493 e. The molecule has 4 rings (SSSR count). The van der Waals surface area contributed by atoms with Gasteiger partial charge in [0.15, 0.2) is 0 Å². The molecule has 0 amide bonds. The van der Waals surface area contributed by atoms with Crippen LogP contribution in [-0.4, -0.2) is 30.3 Å². The number of anilines is 1. The highest BCUT2D eigenvalue weighted by Gasteiger charge is 2.23. The second-order valence-corrected chi connectivity index (χ2v) is 9.21. The minimum absolute atomic E-state index is 0.0109. The lowest BCUT2D eigenvalue weighted by atomic mass is 10.0. The first kappa shape index (κ1) is 18.6. The van der Waals surface area contributed by atoms with E-state index in [1.807, 2.05) is 0 Å². The highest BCUT2D eigenvalue weighted by molar-refractivity contribution is 7.92. The van der Waals surface area contributed by atoms with Crippen LogP contribution in [0.4, 0.5) is 5.69 Å². The zero-order valence-electron chi connectivity index (χ0n) is 15.9. The van der Waals surface area contributed by atoms with Crippen molar-refractivity contribution in [1.29, 1.82) is 0 Å². The molecule has 1 saturated carbocycles. The van der Waals surface area contributed by atoms with Crippen molar-refractivity contribution in [2.75, 3.05) is 17.1 Å². The Morgan fingerprint density at radius 2 is 2.04 bits per heavy atom. The molecule has 0 aliphatic heterocycles. The number of ether oxygens (including phenoxy) is 1. The van der Waals surface area contributed by atoms with Gasteiger partial charge in [-0.25, -0.2) is 8.42 Å². The Morgan fingerprint density at radius 1 is 1.25 bits per heavy atom. The van der Waals surface area contributed by atoms with Gasteiger partial charge in [0.1, 0.15) is 5.75 Å². The summed E-state index contributed by atoms with van der Waals surface area (Å²) in [6, 6.07) is 6.99. The van der Waals surface area contributed by atoms with Crippen LogP contribution in [-0.2, 0) is 17.1 Å². The number of sulfonamides is 1. The molecule has 2 N–H and O–H groups in total. The summed E-state index contributed by atoms with van der Waals surface area (Å²) in [5.74, 6) is 1.24. The number of rotatable bonds is 7. The van der Waals surface area contributed by atoms with E-state index in [1.54, 1.807) is 50.6 Å². The highest BCUT2D eigenvalue weighted by atomic mass is 32.2. The van der Waals surface area contributed by atoms with E-state index in [0.717, 1.165) is 11.1 Å². The third-order valence-corrected chi connectivity index (χ3v) is 6.29. The summed E-state index contributed by atoms with van der Waals surface area (Å²) in [4.78, 5) is 15.5. The maximum Gasteiger partial charge on any atom is 0.259 e. The normalized spacial score (nSPS) is 14.4. The van der Waals surface area contributed by atoms with E-state index in [9.17, 15) is 13.2 Å². The monoisotopic (exact) mass is 401 g/mol. The van der Waals surface area contributed by atoms with Crippen LogP contribution in [0.2, 0.25) is 0 Å². The number of fused-ring (bicyclic) bond motifs is 1. The Kier molecular flexibility index (Phi) is 4.66. The van der Waals surface area contributed by atoms with Crippen molar-refractivity contribution in [2.24, 2.45) is 13.0 Å². The van der Waals surface area contributed by atoms with E-state index in [4.69, 9.17) is 4.74 Å². The van der Waals surface area contributed by atoms with Gasteiger partial charge in [0.2, 0.25) is 10.0 Å². The first-order valence-electron chi connectivity index (χ1n) is 9.32. The van der Waals surface area contributed by atoms with Crippen LogP contribution in [0.5, 0.6) is 5.75 Å². The van der Waals surface area contributed by atoms with Gasteiger partial charge in [0, 0.05) is 36.3 Å². The number of aryl methyl sites for hydroxylation is 1. The summed E-state index contributed by atoms with van der Waals surface area (Å²) in [5, 5.41) is 0.577. The summed E-state index contributed by atoms with van der Waals surface area (Å²) in [6.45, 7) is 2.22. The fourth-order valence-corrected chi connectivity index (χ4v) is 3.79. The Labute approximate surface area is 163 Å². The largest absolute Gasteiger partial charge is 0.493 e. The molecule has 28 heavy (non-hydrogen) atoms. The van der Waals surface area contributed by atoms with Gasteiger partial charge < -0.3 is 14.3 Å². The molecule has 7 nitrogen and oxygen atoms in total. The van der Waals surface area contributed by atoms with Gasteiger partial charge in [-0.3, -0.25) is 9.52 Å². The molecular formula is C20H23N3O4S. The first-order valence-corrected chi connectivity index (χ1v) is 11.0. The van der Waals surface area contributed by atoms with E-state index in [0.29, 0.717) is 34.9 Å². The van der Waals surface area contributed by atoms with E-state index >= 15 is 0 Å². The molecule has 148 valence electrons. The third kappa shape index (κ3) is 3.64. The van der Waals surface area contributed by atoms with Crippen molar-refractivity contribution in [1.82, 2.24) is 9.55 Å². The average molecular weight is 401 g/mol. The van der Waals surface area contributed by atoms with E-state index < -0.39 is 10.0 Å². The van der Waals surface area contributed by atoms with Crippen LogP contribution in [0.3, 0.4) is 0 Å². The Bertz CT molecular complexity index is 1190. The van der Waals surface area contributed by atoms with Gasteiger partial charge >= 0.3 is 0 Å². The third-order valence-electron chi connectivity index (χ3n) is 4.98. The van der Waals surface area contributed by atoms with Crippen LogP contribution >= 0.6 is 0 Å². The Morgan fingerprint density at radius 3 is 2.75 bits per heavy atom. The maximum atomic E-state index is 12.4. The van der Waals surface area contributed by atoms with Gasteiger partial charge in [0.05, 0.1) is 23.3 Å². The molecule has 0 radical (unpaired) electrons. The molecule has 0 saturated heterocycles. The first-order chi connectivity index (χ1) is 13.4. The molecule has 0 bridgehead atoms. The molecule has 0 unspecified atom stereocenters. The van der Waals surface area contributed by atoms with E-state index in [-0.39, 0.29) is 11.3 Å². The summed E-state index contributed by atoms with van der Waals surface area (Å²) in [7, 11) is -1.70. The predicted octanol–water partition coefficient (Wildman–Crippen LogP) is 3.08. The van der Waals surface area contributed by atoms with E-state index in [2.05, 4.69) is 9.71 Å². The molecule has 1 fully saturated rings. The summed E-state index contributed by atoms with van der Waals surface area (Å²) >= 11 is 0. The lowest BCUT2D eigenvalue weighted by molar-refractivity contribution is 0.301. The van der Waals surface area contributed by atoms with E-state index in [1.165, 1.54) is 17.4 Å². The standard InChI is InChI=1S/C20H23N3O4S/c1-3-28(25,26)22-14-6-7-18(27-12-13-4-5-13)16(10-14)17-11-23(2)20(24)15-8-9-21-19(15)17/h6-11,13,21-22H,3-5,12H2,1-2H3. The minimum atomic E-state index is -3.40. The second-order valence-electron chi connectivity index (χ2n) is 7.20. The van der Waals surface area contributed by atoms with Gasteiger partial charge in [-0.05, 0) is 49.9 Å².